The summed E-state index contributed by atoms with van der Waals surface area (Å²) in [5, 5.41) is 11.7. The smallest absolute Gasteiger partial charge is 0.271 e. The van der Waals surface area contributed by atoms with Gasteiger partial charge in [0.15, 0.2) is 0 Å². The van der Waals surface area contributed by atoms with E-state index in [0.717, 1.165) is 15.6 Å². The van der Waals surface area contributed by atoms with Crippen molar-refractivity contribution < 1.29 is 9.53 Å². The van der Waals surface area contributed by atoms with E-state index < -0.39 is 0 Å². The molecule has 0 aromatic carbocycles. The van der Waals surface area contributed by atoms with Crippen LogP contribution in [0.5, 0.6) is 0 Å². The number of ether oxygens (including phenoxy) is 1. The summed E-state index contributed by atoms with van der Waals surface area (Å²) in [5.74, 6) is -0.215. The first-order valence-electron chi connectivity index (χ1n) is 6.96. The zero-order valence-corrected chi connectivity index (χ0v) is 14.4. The SMILES string of the molecule is COC[C@@H](NC(=O)c1csc(-c2cccs2)n1)c1ccnn1C. The molecule has 0 saturated carbocycles. The molecule has 120 valence electrons. The monoisotopic (exact) mass is 348 g/mol. The standard InChI is InChI=1S/C15H16N4O2S2/c1-19-12(5-6-16-19)10(8-21-2)17-14(20)11-9-23-15(18-11)13-4-3-7-22-13/h3-7,9-10H,8H2,1-2H3,(H,17,20)/t10-/m1/s1. The third-order valence-corrected chi connectivity index (χ3v) is 5.20. The molecule has 1 N–H and O–H groups in total. The summed E-state index contributed by atoms with van der Waals surface area (Å²) in [6, 6.07) is 5.56. The summed E-state index contributed by atoms with van der Waals surface area (Å²) in [6.45, 7) is 0.368. The molecule has 1 amide bonds. The minimum Gasteiger partial charge on any atom is -0.382 e. The maximum absolute atomic E-state index is 12.5. The van der Waals surface area contributed by atoms with Gasteiger partial charge in [0.25, 0.3) is 5.91 Å². The molecule has 0 fully saturated rings. The van der Waals surface area contributed by atoms with Crippen LogP contribution < -0.4 is 5.32 Å². The van der Waals surface area contributed by atoms with Gasteiger partial charge in [-0.25, -0.2) is 4.98 Å². The second-order valence-electron chi connectivity index (χ2n) is 4.88. The minimum atomic E-state index is -0.271. The molecule has 0 bridgehead atoms. The molecule has 3 aromatic rings. The molecule has 0 aliphatic rings. The molecular weight excluding hydrogens is 332 g/mol. The van der Waals surface area contributed by atoms with E-state index >= 15 is 0 Å². The number of carbonyl (C=O) groups is 1. The van der Waals surface area contributed by atoms with Crippen molar-refractivity contribution in [1.29, 1.82) is 0 Å². The lowest BCUT2D eigenvalue weighted by Crippen LogP contribution is -2.32. The Hall–Kier alpha value is -2.03. The average molecular weight is 348 g/mol. The van der Waals surface area contributed by atoms with E-state index in [-0.39, 0.29) is 11.9 Å². The Balaban J connectivity index is 1.76. The molecule has 3 heterocycles. The number of methoxy groups -OCH3 is 1. The van der Waals surface area contributed by atoms with Crippen molar-refractivity contribution in [3.8, 4) is 9.88 Å². The number of carbonyl (C=O) groups excluding carboxylic acids is 1. The summed E-state index contributed by atoms with van der Waals surface area (Å²) in [6.07, 6.45) is 1.70. The van der Waals surface area contributed by atoms with Gasteiger partial charge in [-0.2, -0.15) is 5.10 Å². The first kappa shape index (κ1) is 15.9. The fraction of sp³-hybridized carbons (Fsp3) is 0.267. The van der Waals surface area contributed by atoms with Crippen molar-refractivity contribution in [3.63, 3.8) is 0 Å². The summed E-state index contributed by atoms with van der Waals surface area (Å²) in [7, 11) is 3.44. The van der Waals surface area contributed by atoms with E-state index in [1.165, 1.54) is 11.3 Å². The van der Waals surface area contributed by atoms with Crippen LogP contribution in [0.1, 0.15) is 22.2 Å². The van der Waals surface area contributed by atoms with Gasteiger partial charge in [-0.1, -0.05) is 6.07 Å². The van der Waals surface area contributed by atoms with Crippen LogP contribution >= 0.6 is 22.7 Å². The molecule has 0 aliphatic carbocycles. The second-order valence-corrected chi connectivity index (χ2v) is 6.68. The zero-order chi connectivity index (χ0) is 16.2. The van der Waals surface area contributed by atoms with Crippen LogP contribution in [0.4, 0.5) is 0 Å². The maximum Gasteiger partial charge on any atom is 0.271 e. The average Bonchev–Trinajstić information content (AvgIpc) is 3.27. The molecule has 23 heavy (non-hydrogen) atoms. The van der Waals surface area contributed by atoms with Crippen LogP contribution in [0.25, 0.3) is 9.88 Å². The van der Waals surface area contributed by atoms with E-state index in [4.69, 9.17) is 4.74 Å². The van der Waals surface area contributed by atoms with Crippen LogP contribution in [0.15, 0.2) is 35.2 Å². The lowest BCUT2D eigenvalue weighted by Gasteiger charge is -2.17. The fourth-order valence-corrected chi connectivity index (χ4v) is 3.83. The minimum absolute atomic E-state index is 0.215. The van der Waals surface area contributed by atoms with Crippen LogP contribution in [0, 0.1) is 0 Å². The molecule has 3 rings (SSSR count). The second kappa shape index (κ2) is 7.03. The van der Waals surface area contributed by atoms with Gasteiger partial charge in [0.05, 0.1) is 23.2 Å². The Morgan fingerprint density at radius 2 is 2.30 bits per heavy atom. The van der Waals surface area contributed by atoms with E-state index in [9.17, 15) is 4.79 Å². The number of nitrogens with zero attached hydrogens (tertiary/aromatic N) is 3. The number of thiophene rings is 1. The van der Waals surface area contributed by atoms with Gasteiger partial charge >= 0.3 is 0 Å². The molecule has 0 saturated heterocycles. The lowest BCUT2D eigenvalue weighted by atomic mass is 10.2. The third-order valence-electron chi connectivity index (χ3n) is 3.32. The molecule has 0 unspecified atom stereocenters. The van der Waals surface area contributed by atoms with E-state index in [2.05, 4.69) is 15.4 Å². The third kappa shape index (κ3) is 3.49. The van der Waals surface area contributed by atoms with Crippen LogP contribution in [-0.2, 0) is 11.8 Å². The number of rotatable bonds is 6. The summed E-state index contributed by atoms with van der Waals surface area (Å²) < 4.78 is 6.94. The molecule has 8 heteroatoms. The predicted octanol–water partition coefficient (Wildman–Crippen LogP) is 2.72. The summed E-state index contributed by atoms with van der Waals surface area (Å²) in [4.78, 5) is 18.0. The molecular formula is C15H16N4O2S2. The highest BCUT2D eigenvalue weighted by atomic mass is 32.1. The van der Waals surface area contributed by atoms with E-state index in [0.29, 0.717) is 12.3 Å². The van der Waals surface area contributed by atoms with Gasteiger partial charge in [-0.15, -0.1) is 22.7 Å². The highest BCUT2D eigenvalue weighted by Crippen LogP contribution is 2.28. The van der Waals surface area contributed by atoms with Crippen molar-refractivity contribution >= 4 is 28.6 Å². The topological polar surface area (TPSA) is 69.0 Å². The van der Waals surface area contributed by atoms with Gasteiger partial charge in [-0.3, -0.25) is 9.48 Å². The Kier molecular flexibility index (Phi) is 4.85. The first-order chi connectivity index (χ1) is 11.2. The molecule has 3 aromatic heterocycles. The molecule has 1 atom stereocenters. The Bertz CT molecular complexity index is 779. The van der Waals surface area contributed by atoms with Crippen molar-refractivity contribution in [3.05, 3.63) is 46.5 Å². The molecule has 6 nitrogen and oxygen atoms in total. The first-order valence-corrected chi connectivity index (χ1v) is 8.72. The number of thiazole rings is 1. The normalized spacial score (nSPS) is 12.3. The van der Waals surface area contributed by atoms with Gasteiger partial charge in [-0.05, 0) is 17.5 Å². The predicted molar refractivity (Wildman–Crippen MR) is 90.7 cm³/mol. The maximum atomic E-state index is 12.5. The Morgan fingerprint density at radius 1 is 1.43 bits per heavy atom. The van der Waals surface area contributed by atoms with Gasteiger partial charge in [0.2, 0.25) is 0 Å². The zero-order valence-electron chi connectivity index (χ0n) is 12.7. The summed E-state index contributed by atoms with van der Waals surface area (Å²) in [5.41, 5.74) is 1.30. The molecule has 0 spiro atoms. The lowest BCUT2D eigenvalue weighted by molar-refractivity contribution is 0.0888. The van der Waals surface area contributed by atoms with Crippen LogP contribution in [0.3, 0.4) is 0 Å². The number of hydrogen-bond donors (Lipinski definition) is 1. The number of amides is 1. The van der Waals surface area contributed by atoms with Gasteiger partial charge < -0.3 is 10.1 Å². The van der Waals surface area contributed by atoms with Crippen LogP contribution in [0.2, 0.25) is 0 Å². The van der Waals surface area contributed by atoms with Gasteiger partial charge in [0.1, 0.15) is 10.7 Å². The molecule has 0 aliphatic heterocycles. The summed E-state index contributed by atoms with van der Waals surface area (Å²) >= 11 is 3.07. The van der Waals surface area contributed by atoms with E-state index in [1.807, 2.05) is 30.6 Å². The van der Waals surface area contributed by atoms with E-state index in [1.54, 1.807) is 34.7 Å². The number of nitrogens with one attached hydrogen (secondary N) is 1. The number of aryl methyl sites for hydroxylation is 1. The van der Waals surface area contributed by atoms with Crippen molar-refractivity contribution in [2.24, 2.45) is 7.05 Å². The highest BCUT2D eigenvalue weighted by Gasteiger charge is 2.20. The number of hydrogen-bond acceptors (Lipinski definition) is 6. The highest BCUT2D eigenvalue weighted by molar-refractivity contribution is 7.20. The van der Waals surface area contributed by atoms with Gasteiger partial charge in [0, 0.05) is 25.7 Å². The Morgan fingerprint density at radius 3 is 2.96 bits per heavy atom. The largest absolute Gasteiger partial charge is 0.382 e. The molecule has 0 radical (unpaired) electrons. The van der Waals surface area contributed by atoms with Crippen LogP contribution in [-0.4, -0.2) is 34.4 Å². The quantitative estimate of drug-likeness (QED) is 0.744. The van der Waals surface area contributed by atoms with Crippen molar-refractivity contribution in [2.75, 3.05) is 13.7 Å². The fourth-order valence-electron chi connectivity index (χ4n) is 2.22. The van der Waals surface area contributed by atoms with Crippen molar-refractivity contribution in [2.45, 2.75) is 6.04 Å². The van der Waals surface area contributed by atoms with Crippen molar-refractivity contribution in [1.82, 2.24) is 20.1 Å². The Labute approximate surface area is 141 Å². The number of aromatic nitrogens is 3.